The van der Waals surface area contributed by atoms with Crippen LogP contribution in [0.4, 0.5) is 5.69 Å². The molecule has 3 nitrogen and oxygen atoms in total. The summed E-state index contributed by atoms with van der Waals surface area (Å²) in [5.74, 6) is 0. The average molecular weight is 279 g/mol. The summed E-state index contributed by atoms with van der Waals surface area (Å²) in [5, 5.41) is 11.5. The number of piperidine rings is 1. The van der Waals surface area contributed by atoms with Gasteiger partial charge in [-0.3, -0.25) is 0 Å². The molecule has 0 aliphatic carbocycles. The molecular formula is C18H21N3. The molecule has 2 aromatic carbocycles. The maximum absolute atomic E-state index is 9.27. The molecule has 21 heavy (non-hydrogen) atoms. The van der Waals surface area contributed by atoms with Crippen LogP contribution in [-0.2, 0) is 0 Å². The molecule has 0 atom stereocenters. The predicted molar refractivity (Wildman–Crippen MR) is 87.6 cm³/mol. The van der Waals surface area contributed by atoms with Crippen molar-refractivity contribution in [2.24, 2.45) is 0 Å². The van der Waals surface area contributed by atoms with E-state index in [0.717, 1.165) is 24.0 Å². The highest BCUT2D eigenvalue weighted by molar-refractivity contribution is 5.97. The smallest absolute Gasteiger partial charge is 0.0998 e. The number of hydrogen-bond acceptors (Lipinski definition) is 3. The standard InChI is InChI=1S/C18H21N3/c1-20-11-9-15(10-12-20)21(2)18-8-7-14(13-19)16-5-3-4-6-17(16)18/h3-8,15H,9-12H2,1-2H3. The summed E-state index contributed by atoms with van der Waals surface area (Å²) in [6.45, 7) is 2.31. The van der Waals surface area contributed by atoms with Crippen LogP contribution in [0, 0.1) is 11.3 Å². The maximum Gasteiger partial charge on any atom is 0.0998 e. The second kappa shape index (κ2) is 5.75. The third-order valence-corrected chi connectivity index (χ3v) is 4.64. The lowest BCUT2D eigenvalue weighted by Gasteiger charge is -2.37. The summed E-state index contributed by atoms with van der Waals surface area (Å²) in [5.41, 5.74) is 1.99. The van der Waals surface area contributed by atoms with Crippen LogP contribution in [0.25, 0.3) is 10.8 Å². The highest BCUT2D eigenvalue weighted by Crippen LogP contribution is 2.31. The van der Waals surface area contributed by atoms with Gasteiger partial charge in [-0.2, -0.15) is 5.26 Å². The molecule has 3 rings (SSSR count). The molecule has 0 spiro atoms. The lowest BCUT2D eigenvalue weighted by molar-refractivity contribution is 0.253. The van der Waals surface area contributed by atoms with Gasteiger partial charge in [0.1, 0.15) is 0 Å². The third kappa shape index (κ3) is 2.59. The van der Waals surface area contributed by atoms with Crippen molar-refractivity contribution in [1.29, 1.82) is 5.26 Å². The number of nitriles is 1. The van der Waals surface area contributed by atoms with Crippen molar-refractivity contribution in [2.75, 3.05) is 32.1 Å². The third-order valence-electron chi connectivity index (χ3n) is 4.64. The van der Waals surface area contributed by atoms with Crippen LogP contribution >= 0.6 is 0 Å². The SMILES string of the molecule is CN1CCC(N(C)c2ccc(C#N)c3ccccc23)CC1. The summed E-state index contributed by atoms with van der Waals surface area (Å²) < 4.78 is 0. The van der Waals surface area contributed by atoms with Gasteiger partial charge in [0.05, 0.1) is 11.6 Å². The Labute approximate surface area is 126 Å². The fourth-order valence-electron chi connectivity index (χ4n) is 3.27. The summed E-state index contributed by atoms with van der Waals surface area (Å²) >= 11 is 0. The Bertz CT molecular complexity index is 678. The number of likely N-dealkylation sites (tertiary alicyclic amines) is 1. The molecule has 1 saturated heterocycles. The molecule has 0 aromatic heterocycles. The first-order valence-corrected chi connectivity index (χ1v) is 7.54. The highest BCUT2D eigenvalue weighted by Gasteiger charge is 2.22. The van der Waals surface area contributed by atoms with Crippen molar-refractivity contribution in [2.45, 2.75) is 18.9 Å². The summed E-state index contributed by atoms with van der Waals surface area (Å²) in [4.78, 5) is 4.79. The second-order valence-corrected chi connectivity index (χ2v) is 5.93. The second-order valence-electron chi connectivity index (χ2n) is 5.93. The first kappa shape index (κ1) is 13.9. The van der Waals surface area contributed by atoms with Crippen molar-refractivity contribution in [3.05, 3.63) is 42.0 Å². The topological polar surface area (TPSA) is 30.3 Å². The molecule has 0 N–H and O–H groups in total. The molecule has 0 radical (unpaired) electrons. The number of anilines is 1. The van der Waals surface area contributed by atoms with Crippen LogP contribution in [0.15, 0.2) is 36.4 Å². The Kier molecular flexibility index (Phi) is 3.81. The van der Waals surface area contributed by atoms with E-state index >= 15 is 0 Å². The highest BCUT2D eigenvalue weighted by atomic mass is 15.2. The van der Waals surface area contributed by atoms with E-state index in [4.69, 9.17) is 0 Å². The zero-order chi connectivity index (χ0) is 14.8. The van der Waals surface area contributed by atoms with Crippen LogP contribution in [0.1, 0.15) is 18.4 Å². The summed E-state index contributed by atoms with van der Waals surface area (Å²) in [7, 11) is 4.37. The lowest BCUT2D eigenvalue weighted by atomic mass is 9.99. The minimum absolute atomic E-state index is 0.581. The monoisotopic (exact) mass is 279 g/mol. The molecule has 1 fully saturated rings. The summed E-state index contributed by atoms with van der Waals surface area (Å²) in [6.07, 6.45) is 2.39. The molecule has 1 aliphatic heterocycles. The minimum atomic E-state index is 0.581. The van der Waals surface area contributed by atoms with E-state index in [2.05, 4.69) is 48.2 Å². The zero-order valence-electron chi connectivity index (χ0n) is 12.7. The molecule has 0 unspecified atom stereocenters. The average Bonchev–Trinajstić information content (AvgIpc) is 2.54. The largest absolute Gasteiger partial charge is 0.371 e. The number of fused-ring (bicyclic) bond motifs is 1. The van der Waals surface area contributed by atoms with Gasteiger partial charge in [0.15, 0.2) is 0 Å². The Balaban J connectivity index is 1.99. The van der Waals surface area contributed by atoms with Gasteiger partial charge in [-0.1, -0.05) is 24.3 Å². The Morgan fingerprint density at radius 3 is 2.43 bits per heavy atom. The van der Waals surface area contributed by atoms with Gasteiger partial charge in [0.25, 0.3) is 0 Å². The van der Waals surface area contributed by atoms with Gasteiger partial charge < -0.3 is 9.80 Å². The van der Waals surface area contributed by atoms with Gasteiger partial charge in [-0.05, 0) is 45.1 Å². The van der Waals surface area contributed by atoms with Crippen molar-refractivity contribution < 1.29 is 0 Å². The van der Waals surface area contributed by atoms with Crippen molar-refractivity contribution in [3.8, 4) is 6.07 Å². The van der Waals surface area contributed by atoms with Crippen LogP contribution in [0.3, 0.4) is 0 Å². The quantitative estimate of drug-likeness (QED) is 0.845. The predicted octanol–water partition coefficient (Wildman–Crippen LogP) is 3.24. The molecular weight excluding hydrogens is 258 g/mol. The Morgan fingerprint density at radius 1 is 1.10 bits per heavy atom. The van der Waals surface area contributed by atoms with E-state index in [1.54, 1.807) is 0 Å². The van der Waals surface area contributed by atoms with Crippen LogP contribution in [0.2, 0.25) is 0 Å². The molecule has 0 amide bonds. The number of nitrogens with zero attached hydrogens (tertiary/aromatic N) is 3. The minimum Gasteiger partial charge on any atom is -0.371 e. The number of hydrogen-bond donors (Lipinski definition) is 0. The van der Waals surface area contributed by atoms with Gasteiger partial charge >= 0.3 is 0 Å². The molecule has 0 saturated carbocycles. The van der Waals surface area contributed by atoms with E-state index in [-0.39, 0.29) is 0 Å². The fourth-order valence-corrected chi connectivity index (χ4v) is 3.27. The van der Waals surface area contributed by atoms with Crippen molar-refractivity contribution >= 4 is 16.5 Å². The number of benzene rings is 2. The molecule has 1 heterocycles. The van der Waals surface area contributed by atoms with Crippen molar-refractivity contribution in [1.82, 2.24) is 4.90 Å². The van der Waals surface area contributed by atoms with E-state index in [0.29, 0.717) is 6.04 Å². The normalized spacial score (nSPS) is 16.8. The first-order valence-electron chi connectivity index (χ1n) is 7.54. The lowest BCUT2D eigenvalue weighted by Crippen LogP contribution is -2.42. The molecule has 3 heteroatoms. The Hall–Kier alpha value is -2.05. The summed E-state index contributed by atoms with van der Waals surface area (Å²) in [6, 6.07) is 15.1. The maximum atomic E-state index is 9.27. The molecule has 0 bridgehead atoms. The van der Waals surface area contributed by atoms with Gasteiger partial charge in [0.2, 0.25) is 0 Å². The molecule has 2 aromatic rings. The van der Waals surface area contributed by atoms with Crippen LogP contribution in [-0.4, -0.2) is 38.1 Å². The molecule has 108 valence electrons. The number of rotatable bonds is 2. The zero-order valence-corrected chi connectivity index (χ0v) is 12.7. The van der Waals surface area contributed by atoms with E-state index < -0.39 is 0 Å². The Morgan fingerprint density at radius 2 is 1.76 bits per heavy atom. The van der Waals surface area contributed by atoms with E-state index in [1.807, 2.05) is 18.2 Å². The van der Waals surface area contributed by atoms with Gasteiger partial charge in [0, 0.05) is 29.5 Å². The van der Waals surface area contributed by atoms with Crippen molar-refractivity contribution in [3.63, 3.8) is 0 Å². The van der Waals surface area contributed by atoms with Crippen LogP contribution in [0.5, 0.6) is 0 Å². The molecule has 1 aliphatic rings. The van der Waals surface area contributed by atoms with Gasteiger partial charge in [-0.25, -0.2) is 0 Å². The van der Waals surface area contributed by atoms with Gasteiger partial charge in [-0.15, -0.1) is 0 Å². The van der Waals surface area contributed by atoms with E-state index in [9.17, 15) is 5.26 Å². The first-order chi connectivity index (χ1) is 10.2. The van der Waals surface area contributed by atoms with E-state index in [1.165, 1.54) is 23.9 Å². The van der Waals surface area contributed by atoms with Crippen LogP contribution < -0.4 is 4.90 Å². The fraction of sp³-hybridized carbons (Fsp3) is 0.389.